The van der Waals surface area contributed by atoms with Gasteiger partial charge in [0.2, 0.25) is 0 Å². The van der Waals surface area contributed by atoms with Crippen LogP contribution in [0.3, 0.4) is 0 Å². The van der Waals surface area contributed by atoms with E-state index in [9.17, 15) is 13.2 Å². The van der Waals surface area contributed by atoms with Crippen LogP contribution in [0.4, 0.5) is 0 Å². The lowest BCUT2D eigenvalue weighted by Gasteiger charge is -2.20. The Kier molecular flexibility index (Phi) is 4.64. The third kappa shape index (κ3) is 3.39. The minimum absolute atomic E-state index is 0.0102. The molecule has 0 N–H and O–H groups in total. The largest absolute Gasteiger partial charge is 0.289 e. The number of benzene rings is 1. The number of nitrogens with zero attached hydrogens (tertiary/aromatic N) is 1. The van der Waals surface area contributed by atoms with Crippen LogP contribution >= 0.6 is 46.6 Å². The number of sulfone groups is 1. The van der Waals surface area contributed by atoms with Crippen molar-refractivity contribution in [2.24, 2.45) is 0 Å². The van der Waals surface area contributed by atoms with Gasteiger partial charge in [-0.25, -0.2) is 8.42 Å². The fourth-order valence-corrected chi connectivity index (χ4v) is 5.94. The molecule has 3 rings (SSSR count). The molecular formula is C14H12INO3S3. The van der Waals surface area contributed by atoms with E-state index in [0.717, 1.165) is 9.13 Å². The molecule has 0 aliphatic carbocycles. The minimum Gasteiger partial charge on any atom is -0.289 e. The second kappa shape index (κ2) is 6.21. The lowest BCUT2D eigenvalue weighted by atomic mass is 10.2. The predicted molar refractivity (Wildman–Crippen MR) is 101 cm³/mol. The summed E-state index contributed by atoms with van der Waals surface area (Å²) in [6.07, 6.45) is 2.27. The molecule has 2 fully saturated rings. The van der Waals surface area contributed by atoms with Crippen LogP contribution in [0.15, 0.2) is 29.2 Å². The van der Waals surface area contributed by atoms with E-state index in [-0.39, 0.29) is 23.5 Å². The first kappa shape index (κ1) is 16.4. The molecule has 2 heterocycles. The van der Waals surface area contributed by atoms with Crippen LogP contribution in [-0.4, -0.2) is 41.1 Å². The summed E-state index contributed by atoms with van der Waals surface area (Å²) < 4.78 is 24.8. The Bertz CT molecular complexity index is 771. The Hall–Kier alpha value is -0.450. The molecule has 0 aromatic heterocycles. The zero-order valence-corrected chi connectivity index (χ0v) is 16.0. The summed E-state index contributed by atoms with van der Waals surface area (Å²) in [5.74, 6) is -0.0446. The molecule has 1 amide bonds. The molecule has 0 saturated carbocycles. The van der Waals surface area contributed by atoms with E-state index < -0.39 is 9.84 Å². The van der Waals surface area contributed by atoms with Gasteiger partial charge in [0.1, 0.15) is 4.32 Å². The first-order valence-electron chi connectivity index (χ1n) is 6.59. The van der Waals surface area contributed by atoms with Crippen molar-refractivity contribution >= 4 is 72.7 Å². The molecule has 1 aromatic carbocycles. The number of halogens is 1. The minimum atomic E-state index is -3.04. The highest BCUT2D eigenvalue weighted by Gasteiger charge is 2.41. The third-order valence-corrected chi connectivity index (χ3v) is 7.36. The van der Waals surface area contributed by atoms with Crippen LogP contribution in [0.1, 0.15) is 12.0 Å². The van der Waals surface area contributed by atoms with Crippen LogP contribution in [0.5, 0.6) is 0 Å². The van der Waals surface area contributed by atoms with Gasteiger partial charge in [0, 0.05) is 3.57 Å². The van der Waals surface area contributed by atoms with Gasteiger partial charge in [-0.2, -0.15) is 0 Å². The molecule has 116 valence electrons. The lowest BCUT2D eigenvalue weighted by molar-refractivity contribution is -0.123. The molecule has 0 bridgehead atoms. The predicted octanol–water partition coefficient (Wildman–Crippen LogP) is 2.68. The molecule has 8 heteroatoms. The summed E-state index contributed by atoms with van der Waals surface area (Å²) in [6.45, 7) is 0. The van der Waals surface area contributed by atoms with Crippen molar-refractivity contribution in [3.63, 3.8) is 0 Å². The molecule has 1 unspecified atom stereocenters. The Morgan fingerprint density at radius 2 is 2.00 bits per heavy atom. The van der Waals surface area contributed by atoms with Gasteiger partial charge >= 0.3 is 0 Å². The highest BCUT2D eigenvalue weighted by molar-refractivity contribution is 14.1. The average Bonchev–Trinajstić information content (AvgIpc) is 2.93. The van der Waals surface area contributed by atoms with Crippen molar-refractivity contribution in [1.29, 1.82) is 0 Å². The standard InChI is InChI=1S/C14H12INO3S3/c15-10-3-1-9(2-4-10)7-12-13(17)16(14(20)21-12)11-5-6-22(18,19)8-11/h1-4,7,11H,5-6,8H2. The Balaban J connectivity index is 1.84. The van der Waals surface area contributed by atoms with E-state index >= 15 is 0 Å². The maximum Gasteiger partial charge on any atom is 0.266 e. The van der Waals surface area contributed by atoms with Gasteiger partial charge < -0.3 is 0 Å². The normalized spacial score (nSPS) is 26.1. The second-order valence-electron chi connectivity index (χ2n) is 5.16. The molecule has 22 heavy (non-hydrogen) atoms. The summed E-state index contributed by atoms with van der Waals surface area (Å²) >= 11 is 8.74. The number of rotatable bonds is 2. The third-order valence-electron chi connectivity index (χ3n) is 3.56. The summed E-state index contributed by atoms with van der Waals surface area (Å²) in [5, 5.41) is 0. The molecule has 0 radical (unpaired) electrons. The van der Waals surface area contributed by atoms with Crippen molar-refractivity contribution in [2.75, 3.05) is 11.5 Å². The number of amides is 1. The number of carbonyl (C=O) groups is 1. The quantitative estimate of drug-likeness (QED) is 0.382. The molecule has 0 spiro atoms. The molecule has 2 aliphatic rings. The molecule has 2 saturated heterocycles. The molecule has 1 aromatic rings. The van der Waals surface area contributed by atoms with Crippen molar-refractivity contribution in [3.8, 4) is 0 Å². The van der Waals surface area contributed by atoms with Crippen molar-refractivity contribution in [3.05, 3.63) is 38.3 Å². The number of thioether (sulfide) groups is 1. The zero-order chi connectivity index (χ0) is 15.9. The van der Waals surface area contributed by atoms with Crippen LogP contribution < -0.4 is 0 Å². The fourth-order valence-electron chi connectivity index (χ4n) is 2.48. The number of thiocarbonyl (C=S) groups is 1. The van der Waals surface area contributed by atoms with Crippen LogP contribution in [0.25, 0.3) is 6.08 Å². The number of carbonyl (C=O) groups excluding carboxylic acids is 1. The highest BCUT2D eigenvalue weighted by Crippen LogP contribution is 2.36. The van der Waals surface area contributed by atoms with Gasteiger partial charge in [0.15, 0.2) is 9.84 Å². The Morgan fingerprint density at radius 1 is 1.32 bits per heavy atom. The summed E-state index contributed by atoms with van der Waals surface area (Å²) in [6, 6.07) is 7.50. The number of hydrogen-bond donors (Lipinski definition) is 0. The van der Waals surface area contributed by atoms with Crippen molar-refractivity contribution in [2.45, 2.75) is 12.5 Å². The maximum atomic E-state index is 12.5. The lowest BCUT2D eigenvalue weighted by Crippen LogP contribution is -2.39. The summed E-state index contributed by atoms with van der Waals surface area (Å²) in [5.41, 5.74) is 0.931. The van der Waals surface area contributed by atoms with Gasteiger partial charge in [-0.1, -0.05) is 36.1 Å². The zero-order valence-electron chi connectivity index (χ0n) is 11.4. The first-order valence-corrected chi connectivity index (χ1v) is 10.7. The molecular weight excluding hydrogens is 453 g/mol. The Labute approximate surface area is 152 Å². The van der Waals surface area contributed by atoms with E-state index in [2.05, 4.69) is 22.6 Å². The monoisotopic (exact) mass is 465 g/mol. The van der Waals surface area contributed by atoms with Crippen LogP contribution in [0.2, 0.25) is 0 Å². The average molecular weight is 465 g/mol. The second-order valence-corrected chi connectivity index (χ2v) is 10.3. The summed E-state index contributed by atoms with van der Waals surface area (Å²) in [7, 11) is -3.04. The van der Waals surface area contributed by atoms with Gasteiger partial charge in [-0.15, -0.1) is 0 Å². The van der Waals surface area contributed by atoms with Crippen molar-refractivity contribution < 1.29 is 13.2 Å². The van der Waals surface area contributed by atoms with Gasteiger partial charge in [-0.05, 0) is 52.8 Å². The molecule has 2 aliphatic heterocycles. The van der Waals surface area contributed by atoms with Gasteiger partial charge in [0.05, 0.1) is 22.5 Å². The van der Waals surface area contributed by atoms with E-state index in [1.807, 2.05) is 24.3 Å². The van der Waals surface area contributed by atoms with E-state index in [1.165, 1.54) is 16.7 Å². The summed E-state index contributed by atoms with van der Waals surface area (Å²) in [4.78, 5) is 14.6. The Morgan fingerprint density at radius 3 is 2.59 bits per heavy atom. The smallest absolute Gasteiger partial charge is 0.266 e. The fraction of sp³-hybridized carbons (Fsp3) is 0.286. The van der Waals surface area contributed by atoms with Crippen LogP contribution in [0, 0.1) is 3.57 Å². The van der Waals surface area contributed by atoms with Gasteiger partial charge in [0.25, 0.3) is 5.91 Å². The van der Waals surface area contributed by atoms with Crippen molar-refractivity contribution in [1.82, 2.24) is 4.90 Å². The van der Waals surface area contributed by atoms with Gasteiger partial charge in [-0.3, -0.25) is 9.69 Å². The SMILES string of the molecule is O=C1C(=Cc2ccc(I)cc2)SC(=S)N1C1CCS(=O)(=O)C1. The van der Waals surface area contributed by atoms with Crippen LogP contribution in [-0.2, 0) is 14.6 Å². The first-order chi connectivity index (χ1) is 10.4. The van der Waals surface area contributed by atoms with E-state index in [4.69, 9.17) is 12.2 Å². The molecule has 1 atom stereocenters. The van der Waals surface area contributed by atoms with E-state index in [0.29, 0.717) is 15.6 Å². The molecule has 4 nitrogen and oxygen atoms in total. The topological polar surface area (TPSA) is 54.5 Å². The maximum absolute atomic E-state index is 12.5. The number of hydrogen-bond acceptors (Lipinski definition) is 5. The highest BCUT2D eigenvalue weighted by atomic mass is 127. The van der Waals surface area contributed by atoms with E-state index in [1.54, 1.807) is 6.08 Å².